The van der Waals surface area contributed by atoms with Crippen molar-refractivity contribution in [1.29, 1.82) is 0 Å². The first-order chi connectivity index (χ1) is 4.31. The molecule has 9 heavy (non-hydrogen) atoms. The van der Waals surface area contributed by atoms with Gasteiger partial charge in [0.1, 0.15) is 0 Å². The molecule has 0 saturated carbocycles. The summed E-state index contributed by atoms with van der Waals surface area (Å²) in [5, 5.41) is 0. The van der Waals surface area contributed by atoms with E-state index in [0.717, 1.165) is 12.1 Å². The molecule has 0 aliphatic rings. The summed E-state index contributed by atoms with van der Waals surface area (Å²) in [6.45, 7) is 4.19. The molecule has 1 nitrogen and oxygen atoms in total. The lowest BCUT2D eigenvalue weighted by Crippen LogP contribution is -1.95. The molecule has 2 N–H and O–H groups in total. The van der Waals surface area contributed by atoms with Crippen molar-refractivity contribution in [3.05, 3.63) is 11.8 Å². The monoisotopic (exact) mass is 127 g/mol. The third-order valence-corrected chi connectivity index (χ3v) is 1.44. The standard InChI is InChI=1S/C8H17N/c1-3-5-6-7-8(9)4-2/h4H,3,5-7,9H2,1-2H3. The van der Waals surface area contributed by atoms with Crippen LogP contribution in [0.2, 0.25) is 0 Å². The second-order valence-corrected chi connectivity index (χ2v) is 2.32. The smallest absolute Gasteiger partial charge is 0.00371 e. The van der Waals surface area contributed by atoms with E-state index in [0.29, 0.717) is 0 Å². The third kappa shape index (κ3) is 5.41. The maximum absolute atomic E-state index is 5.57. The first-order valence-electron chi connectivity index (χ1n) is 3.72. The fraction of sp³-hybridized carbons (Fsp3) is 0.750. The molecule has 1 heteroatoms. The van der Waals surface area contributed by atoms with Gasteiger partial charge in [-0.3, -0.25) is 0 Å². The highest BCUT2D eigenvalue weighted by Crippen LogP contribution is 2.02. The highest BCUT2D eigenvalue weighted by Gasteiger charge is 1.87. The van der Waals surface area contributed by atoms with Crippen molar-refractivity contribution in [2.45, 2.75) is 39.5 Å². The molecule has 0 aliphatic carbocycles. The summed E-state index contributed by atoms with van der Waals surface area (Å²) >= 11 is 0. The van der Waals surface area contributed by atoms with E-state index in [1.807, 2.05) is 13.0 Å². The molecule has 0 aliphatic heterocycles. The minimum atomic E-state index is 1.03. The van der Waals surface area contributed by atoms with Crippen molar-refractivity contribution >= 4 is 0 Å². The number of hydrogen-bond acceptors (Lipinski definition) is 1. The quantitative estimate of drug-likeness (QED) is 0.577. The summed E-state index contributed by atoms with van der Waals surface area (Å²) in [7, 11) is 0. The van der Waals surface area contributed by atoms with Crippen LogP contribution in [0.15, 0.2) is 11.8 Å². The Morgan fingerprint density at radius 2 is 2.11 bits per heavy atom. The Bertz CT molecular complexity index is 84.6. The van der Waals surface area contributed by atoms with Crippen LogP contribution in [0, 0.1) is 0 Å². The number of nitrogens with two attached hydrogens (primary N) is 1. The number of allylic oxidation sites excluding steroid dienone is 2. The predicted octanol–water partition coefficient (Wildman–Crippen LogP) is 2.43. The maximum Gasteiger partial charge on any atom is 0.00371 e. The summed E-state index contributed by atoms with van der Waals surface area (Å²) in [6, 6.07) is 0. The van der Waals surface area contributed by atoms with Crippen molar-refractivity contribution in [3.8, 4) is 0 Å². The topological polar surface area (TPSA) is 26.0 Å². The van der Waals surface area contributed by atoms with Gasteiger partial charge in [-0.15, -0.1) is 0 Å². The molecule has 0 fully saturated rings. The zero-order valence-electron chi connectivity index (χ0n) is 6.48. The number of unbranched alkanes of at least 4 members (excludes halogenated alkanes) is 2. The van der Waals surface area contributed by atoms with E-state index in [-0.39, 0.29) is 0 Å². The third-order valence-electron chi connectivity index (χ3n) is 1.44. The minimum absolute atomic E-state index is 1.03. The van der Waals surface area contributed by atoms with Crippen LogP contribution in [0.1, 0.15) is 39.5 Å². The molecule has 0 radical (unpaired) electrons. The van der Waals surface area contributed by atoms with Crippen LogP contribution in [-0.2, 0) is 0 Å². The van der Waals surface area contributed by atoms with Gasteiger partial charge in [0.25, 0.3) is 0 Å². The van der Waals surface area contributed by atoms with Gasteiger partial charge in [0.15, 0.2) is 0 Å². The molecule has 0 amide bonds. The summed E-state index contributed by atoms with van der Waals surface area (Å²) in [4.78, 5) is 0. The molecule has 0 bridgehead atoms. The van der Waals surface area contributed by atoms with Gasteiger partial charge >= 0.3 is 0 Å². The van der Waals surface area contributed by atoms with E-state index in [4.69, 9.17) is 5.73 Å². The van der Waals surface area contributed by atoms with Crippen molar-refractivity contribution in [1.82, 2.24) is 0 Å². The minimum Gasteiger partial charge on any atom is -0.402 e. The number of hydrogen-bond donors (Lipinski definition) is 1. The maximum atomic E-state index is 5.57. The second kappa shape index (κ2) is 5.67. The predicted molar refractivity (Wildman–Crippen MR) is 42.1 cm³/mol. The fourth-order valence-electron chi connectivity index (χ4n) is 0.723. The Labute approximate surface area is 57.9 Å². The van der Waals surface area contributed by atoms with E-state index in [1.165, 1.54) is 19.3 Å². The normalized spacial score (nSPS) is 12.0. The van der Waals surface area contributed by atoms with E-state index in [1.54, 1.807) is 0 Å². The van der Waals surface area contributed by atoms with E-state index >= 15 is 0 Å². The van der Waals surface area contributed by atoms with Crippen LogP contribution in [0.25, 0.3) is 0 Å². The summed E-state index contributed by atoms with van der Waals surface area (Å²) < 4.78 is 0. The van der Waals surface area contributed by atoms with E-state index < -0.39 is 0 Å². The van der Waals surface area contributed by atoms with Gasteiger partial charge in [0, 0.05) is 5.70 Å². The molecular weight excluding hydrogens is 110 g/mol. The van der Waals surface area contributed by atoms with Gasteiger partial charge in [0.05, 0.1) is 0 Å². The summed E-state index contributed by atoms with van der Waals surface area (Å²) in [6.07, 6.45) is 6.87. The molecule has 0 aromatic rings. The Hall–Kier alpha value is -0.460. The lowest BCUT2D eigenvalue weighted by molar-refractivity contribution is 0.709. The molecule has 0 saturated heterocycles. The first kappa shape index (κ1) is 8.54. The highest BCUT2D eigenvalue weighted by atomic mass is 14.6. The second-order valence-electron chi connectivity index (χ2n) is 2.32. The van der Waals surface area contributed by atoms with Crippen LogP contribution < -0.4 is 5.73 Å². The summed E-state index contributed by atoms with van der Waals surface area (Å²) in [5.74, 6) is 0. The van der Waals surface area contributed by atoms with Gasteiger partial charge < -0.3 is 5.73 Å². The van der Waals surface area contributed by atoms with Gasteiger partial charge in [0.2, 0.25) is 0 Å². The molecule has 0 spiro atoms. The molecule has 54 valence electrons. The molecule has 0 unspecified atom stereocenters. The zero-order chi connectivity index (χ0) is 7.11. The van der Waals surface area contributed by atoms with Crippen molar-refractivity contribution in [2.75, 3.05) is 0 Å². The van der Waals surface area contributed by atoms with Crippen molar-refractivity contribution in [3.63, 3.8) is 0 Å². The molecule has 0 aromatic carbocycles. The Kier molecular flexibility index (Phi) is 5.38. The highest BCUT2D eigenvalue weighted by molar-refractivity contribution is 4.92. The van der Waals surface area contributed by atoms with Crippen molar-refractivity contribution in [2.24, 2.45) is 5.73 Å². The zero-order valence-corrected chi connectivity index (χ0v) is 6.48. The Balaban J connectivity index is 3.07. The molecule has 0 rings (SSSR count). The lowest BCUT2D eigenvalue weighted by Gasteiger charge is -1.97. The average molecular weight is 127 g/mol. The van der Waals surface area contributed by atoms with E-state index in [2.05, 4.69) is 6.92 Å². The van der Waals surface area contributed by atoms with Crippen molar-refractivity contribution < 1.29 is 0 Å². The van der Waals surface area contributed by atoms with Crippen LogP contribution in [-0.4, -0.2) is 0 Å². The molecular formula is C8H17N. The Morgan fingerprint density at radius 3 is 2.56 bits per heavy atom. The van der Waals surface area contributed by atoms with Crippen LogP contribution in [0.4, 0.5) is 0 Å². The summed E-state index contributed by atoms with van der Waals surface area (Å²) in [5.41, 5.74) is 6.61. The van der Waals surface area contributed by atoms with Gasteiger partial charge in [-0.2, -0.15) is 0 Å². The first-order valence-corrected chi connectivity index (χ1v) is 3.72. The molecule has 0 heterocycles. The number of rotatable bonds is 4. The SMILES string of the molecule is CC=C(N)CCCCC. The van der Waals surface area contributed by atoms with Crippen LogP contribution in [0.5, 0.6) is 0 Å². The fourth-order valence-corrected chi connectivity index (χ4v) is 0.723. The van der Waals surface area contributed by atoms with Crippen LogP contribution in [0.3, 0.4) is 0 Å². The molecule has 0 atom stereocenters. The molecule has 0 aromatic heterocycles. The largest absolute Gasteiger partial charge is 0.402 e. The van der Waals surface area contributed by atoms with Crippen LogP contribution >= 0.6 is 0 Å². The van der Waals surface area contributed by atoms with Gasteiger partial charge in [-0.1, -0.05) is 25.8 Å². The van der Waals surface area contributed by atoms with E-state index in [9.17, 15) is 0 Å². The average Bonchev–Trinajstić information content (AvgIpc) is 1.89. The van der Waals surface area contributed by atoms with Gasteiger partial charge in [-0.05, 0) is 19.8 Å². The van der Waals surface area contributed by atoms with Gasteiger partial charge in [-0.25, -0.2) is 0 Å². The Morgan fingerprint density at radius 1 is 1.44 bits per heavy atom. The lowest BCUT2D eigenvalue weighted by atomic mass is 10.2.